The molecule has 124 valence electrons. The maximum absolute atomic E-state index is 12.1. The number of nitrogens with one attached hydrogen (secondary N) is 2. The van der Waals surface area contributed by atoms with E-state index in [0.717, 1.165) is 32.9 Å². The smallest absolute Gasteiger partial charge is 0.317 e. The third kappa shape index (κ3) is 3.04. The van der Waals surface area contributed by atoms with Gasteiger partial charge in [-0.1, -0.05) is 36.4 Å². The molecule has 0 atom stereocenters. The van der Waals surface area contributed by atoms with Crippen LogP contribution in [0.5, 0.6) is 0 Å². The van der Waals surface area contributed by atoms with Crippen LogP contribution in [0, 0.1) is 0 Å². The van der Waals surface area contributed by atoms with E-state index in [1.807, 2.05) is 48.5 Å². The summed E-state index contributed by atoms with van der Waals surface area (Å²) in [5, 5.41) is 1.92. The Morgan fingerprint density at radius 3 is 1.64 bits per heavy atom. The first kappa shape index (κ1) is 15.2. The maximum atomic E-state index is 12.1. The van der Waals surface area contributed by atoms with E-state index in [4.69, 9.17) is 4.74 Å². The Bertz CT molecular complexity index is 989. The number of carbonyl (C=O) groups is 2. The zero-order chi connectivity index (χ0) is 17.2. The van der Waals surface area contributed by atoms with Crippen LogP contribution in [-0.2, 0) is 27.2 Å². The second-order valence-corrected chi connectivity index (χ2v) is 5.92. The van der Waals surface area contributed by atoms with Crippen LogP contribution >= 0.6 is 0 Å². The van der Waals surface area contributed by atoms with Crippen molar-refractivity contribution >= 4 is 33.7 Å². The first-order valence-corrected chi connectivity index (χ1v) is 8.04. The van der Waals surface area contributed by atoms with Gasteiger partial charge >= 0.3 is 11.9 Å². The van der Waals surface area contributed by atoms with Gasteiger partial charge in [-0.3, -0.25) is 9.59 Å². The van der Waals surface area contributed by atoms with Crippen molar-refractivity contribution in [2.75, 3.05) is 0 Å². The Kier molecular flexibility index (Phi) is 3.82. The van der Waals surface area contributed by atoms with Crippen LogP contribution in [0.1, 0.15) is 11.1 Å². The topological polar surface area (TPSA) is 75.0 Å². The molecule has 4 aromatic rings. The number of fused-ring (bicyclic) bond motifs is 2. The first-order chi connectivity index (χ1) is 12.2. The van der Waals surface area contributed by atoms with Crippen LogP contribution in [-0.4, -0.2) is 21.9 Å². The Labute approximate surface area is 143 Å². The molecule has 25 heavy (non-hydrogen) atoms. The van der Waals surface area contributed by atoms with Gasteiger partial charge in [0.25, 0.3) is 0 Å². The molecule has 2 heterocycles. The summed E-state index contributed by atoms with van der Waals surface area (Å²) in [4.78, 5) is 30.4. The van der Waals surface area contributed by atoms with Gasteiger partial charge in [-0.05, 0) is 23.3 Å². The molecule has 0 aliphatic rings. The van der Waals surface area contributed by atoms with Crippen LogP contribution in [0.3, 0.4) is 0 Å². The van der Waals surface area contributed by atoms with Crippen molar-refractivity contribution in [2.45, 2.75) is 12.8 Å². The molecule has 0 amide bonds. The average molecular weight is 332 g/mol. The Morgan fingerprint density at radius 1 is 0.720 bits per heavy atom. The second-order valence-electron chi connectivity index (χ2n) is 5.92. The van der Waals surface area contributed by atoms with E-state index in [9.17, 15) is 9.59 Å². The van der Waals surface area contributed by atoms with Crippen LogP contribution in [0.4, 0.5) is 0 Å². The van der Waals surface area contributed by atoms with Crippen molar-refractivity contribution in [2.24, 2.45) is 0 Å². The van der Waals surface area contributed by atoms with Gasteiger partial charge in [-0.2, -0.15) is 0 Å². The van der Waals surface area contributed by atoms with Crippen LogP contribution in [0.25, 0.3) is 21.8 Å². The van der Waals surface area contributed by atoms with Gasteiger partial charge in [0.15, 0.2) is 0 Å². The van der Waals surface area contributed by atoms with E-state index in [1.165, 1.54) is 0 Å². The molecular formula is C20H16N2O3. The summed E-state index contributed by atoms with van der Waals surface area (Å²) in [6, 6.07) is 15.4. The quantitative estimate of drug-likeness (QED) is 0.444. The summed E-state index contributed by atoms with van der Waals surface area (Å²) >= 11 is 0. The van der Waals surface area contributed by atoms with Crippen molar-refractivity contribution in [3.8, 4) is 0 Å². The highest BCUT2D eigenvalue weighted by Crippen LogP contribution is 2.20. The highest BCUT2D eigenvalue weighted by Gasteiger charge is 2.15. The number of H-pyrrole nitrogens is 2. The SMILES string of the molecule is O=C(Cc1c[nH]c2ccccc12)OC(=O)Cc1c[nH]c2ccccc12. The maximum Gasteiger partial charge on any atom is 0.317 e. The standard InChI is InChI=1S/C20H16N2O3/c23-19(9-13-11-21-17-7-3-1-5-15(13)17)25-20(24)10-14-12-22-18-8-4-2-6-16(14)18/h1-8,11-12,21-22H,9-10H2. The number of hydrogen-bond donors (Lipinski definition) is 2. The lowest BCUT2D eigenvalue weighted by Crippen LogP contribution is -2.16. The number of aromatic nitrogens is 2. The van der Waals surface area contributed by atoms with Crippen LogP contribution in [0.2, 0.25) is 0 Å². The largest absolute Gasteiger partial charge is 0.393 e. The van der Waals surface area contributed by atoms with Gasteiger partial charge in [-0.15, -0.1) is 0 Å². The van der Waals surface area contributed by atoms with E-state index in [0.29, 0.717) is 0 Å². The minimum Gasteiger partial charge on any atom is -0.393 e. The zero-order valence-electron chi connectivity index (χ0n) is 13.4. The van der Waals surface area contributed by atoms with Gasteiger partial charge in [-0.25, -0.2) is 0 Å². The molecule has 0 unspecified atom stereocenters. The molecule has 0 saturated heterocycles. The number of ether oxygens (including phenoxy) is 1. The predicted molar refractivity (Wildman–Crippen MR) is 95.1 cm³/mol. The highest BCUT2D eigenvalue weighted by molar-refractivity contribution is 5.93. The lowest BCUT2D eigenvalue weighted by molar-refractivity contribution is -0.158. The Balaban J connectivity index is 1.43. The average Bonchev–Trinajstić information content (AvgIpc) is 3.20. The fourth-order valence-electron chi connectivity index (χ4n) is 3.07. The molecule has 0 bridgehead atoms. The summed E-state index contributed by atoms with van der Waals surface area (Å²) in [6.07, 6.45) is 3.67. The minimum atomic E-state index is -0.547. The monoisotopic (exact) mass is 332 g/mol. The first-order valence-electron chi connectivity index (χ1n) is 8.04. The van der Waals surface area contributed by atoms with Gasteiger partial charge in [0.05, 0.1) is 12.8 Å². The number of carbonyl (C=O) groups excluding carboxylic acids is 2. The number of benzene rings is 2. The lowest BCUT2D eigenvalue weighted by atomic mass is 10.1. The molecule has 0 spiro atoms. The van der Waals surface area contributed by atoms with Crippen molar-refractivity contribution < 1.29 is 14.3 Å². The van der Waals surface area contributed by atoms with Crippen molar-refractivity contribution in [1.29, 1.82) is 0 Å². The molecule has 0 aliphatic carbocycles. The Hall–Kier alpha value is -3.34. The van der Waals surface area contributed by atoms with Gasteiger partial charge < -0.3 is 14.7 Å². The summed E-state index contributed by atoms with van der Waals surface area (Å²) in [7, 11) is 0. The third-order valence-electron chi connectivity index (χ3n) is 4.25. The lowest BCUT2D eigenvalue weighted by Gasteiger charge is -2.02. The molecule has 4 rings (SSSR count). The van der Waals surface area contributed by atoms with Crippen LogP contribution < -0.4 is 0 Å². The fourth-order valence-corrected chi connectivity index (χ4v) is 3.07. The number of aromatic amines is 2. The molecule has 2 N–H and O–H groups in total. The number of esters is 2. The van der Waals surface area contributed by atoms with Crippen LogP contribution in [0.15, 0.2) is 60.9 Å². The third-order valence-corrected chi connectivity index (χ3v) is 4.25. The molecule has 2 aromatic heterocycles. The van der Waals surface area contributed by atoms with Crippen molar-refractivity contribution in [1.82, 2.24) is 9.97 Å². The second kappa shape index (κ2) is 6.28. The van der Waals surface area contributed by atoms with E-state index >= 15 is 0 Å². The van der Waals surface area contributed by atoms with Gasteiger partial charge in [0, 0.05) is 34.2 Å². The number of hydrogen-bond acceptors (Lipinski definition) is 3. The van der Waals surface area contributed by atoms with E-state index < -0.39 is 11.9 Å². The normalized spacial score (nSPS) is 11.0. The van der Waals surface area contributed by atoms with Crippen molar-refractivity contribution in [3.05, 3.63) is 72.1 Å². The van der Waals surface area contributed by atoms with Crippen molar-refractivity contribution in [3.63, 3.8) is 0 Å². The van der Waals surface area contributed by atoms with E-state index in [2.05, 4.69) is 9.97 Å². The molecule has 5 nitrogen and oxygen atoms in total. The van der Waals surface area contributed by atoms with Gasteiger partial charge in [0.2, 0.25) is 0 Å². The summed E-state index contributed by atoms with van der Waals surface area (Å²) in [5.41, 5.74) is 3.55. The molecule has 0 saturated carbocycles. The minimum absolute atomic E-state index is 0.0592. The highest BCUT2D eigenvalue weighted by atomic mass is 16.6. The number of para-hydroxylation sites is 2. The molecule has 0 fully saturated rings. The summed E-state index contributed by atoms with van der Waals surface area (Å²) in [6.45, 7) is 0. The van der Waals surface area contributed by atoms with E-state index in [-0.39, 0.29) is 12.8 Å². The van der Waals surface area contributed by atoms with Gasteiger partial charge in [0.1, 0.15) is 0 Å². The molecular weight excluding hydrogens is 316 g/mol. The van der Waals surface area contributed by atoms with E-state index in [1.54, 1.807) is 12.4 Å². The molecule has 0 radical (unpaired) electrons. The molecule has 2 aromatic carbocycles. The predicted octanol–water partition coefficient (Wildman–Crippen LogP) is 3.50. The summed E-state index contributed by atoms with van der Waals surface area (Å²) in [5.74, 6) is -1.09. The molecule has 5 heteroatoms. The molecule has 0 aliphatic heterocycles. The fraction of sp³-hybridized carbons (Fsp3) is 0.100. The Morgan fingerprint density at radius 2 is 1.16 bits per heavy atom. The number of rotatable bonds is 4. The zero-order valence-corrected chi connectivity index (χ0v) is 13.4. The summed E-state index contributed by atoms with van der Waals surface area (Å²) < 4.78 is 4.99.